The fraction of sp³-hybridized carbons (Fsp3) is 0.318. The molecule has 10 heteroatoms. The van der Waals surface area contributed by atoms with E-state index in [9.17, 15) is 13.2 Å². The predicted molar refractivity (Wildman–Crippen MR) is 117 cm³/mol. The van der Waals surface area contributed by atoms with E-state index >= 15 is 0 Å². The number of fused-ring (bicyclic) bond motifs is 1. The van der Waals surface area contributed by atoms with Crippen molar-refractivity contribution >= 4 is 21.6 Å². The van der Waals surface area contributed by atoms with Gasteiger partial charge in [-0.25, -0.2) is 13.1 Å². The molecule has 1 aliphatic heterocycles. The summed E-state index contributed by atoms with van der Waals surface area (Å²) in [6.07, 6.45) is 1.17. The number of benzene rings is 2. The molecule has 32 heavy (non-hydrogen) atoms. The van der Waals surface area contributed by atoms with Gasteiger partial charge in [-0.05, 0) is 30.5 Å². The first-order valence-corrected chi connectivity index (χ1v) is 11.8. The molecule has 2 aromatic carbocycles. The summed E-state index contributed by atoms with van der Waals surface area (Å²) in [6, 6.07) is 12.7. The number of hydrogen-bond acceptors (Lipinski definition) is 7. The fourth-order valence-electron chi connectivity index (χ4n) is 3.49. The minimum absolute atomic E-state index is 0.111. The number of carbonyl (C=O) groups excluding carboxylic acids is 1. The number of anilines is 1. The predicted octanol–water partition coefficient (Wildman–Crippen LogP) is 2.39. The van der Waals surface area contributed by atoms with E-state index in [0.29, 0.717) is 41.6 Å². The molecule has 1 aromatic heterocycles. The topological polar surface area (TPSA) is 115 Å². The fourth-order valence-corrected chi connectivity index (χ4v) is 4.76. The zero-order chi connectivity index (χ0) is 22.7. The molecule has 0 unspecified atom stereocenters. The summed E-state index contributed by atoms with van der Waals surface area (Å²) < 4.78 is 39.2. The molecule has 0 aliphatic carbocycles. The zero-order valence-corrected chi connectivity index (χ0v) is 18.7. The quantitative estimate of drug-likeness (QED) is 0.553. The molecule has 0 atom stereocenters. The van der Waals surface area contributed by atoms with Crippen LogP contribution < -0.4 is 14.4 Å². The van der Waals surface area contributed by atoms with Crippen molar-refractivity contribution in [3.63, 3.8) is 0 Å². The van der Waals surface area contributed by atoms with E-state index in [-0.39, 0.29) is 30.5 Å². The van der Waals surface area contributed by atoms with Crippen LogP contribution in [-0.2, 0) is 34.2 Å². The van der Waals surface area contributed by atoms with Gasteiger partial charge in [0.2, 0.25) is 15.9 Å². The maximum Gasteiger partial charge on any atom is 0.265 e. The van der Waals surface area contributed by atoms with Crippen LogP contribution in [0.15, 0.2) is 51.9 Å². The Bertz CT molecular complexity index is 1220. The average Bonchev–Trinajstić information content (AvgIpc) is 3.24. The van der Waals surface area contributed by atoms with Crippen molar-refractivity contribution in [2.24, 2.45) is 0 Å². The number of hydrogen-bond donors (Lipinski definition) is 1. The number of nitrogens with zero attached hydrogens (tertiary/aromatic N) is 3. The molecular weight excluding hydrogens is 432 g/mol. The van der Waals surface area contributed by atoms with Crippen molar-refractivity contribution in [3.8, 4) is 5.75 Å². The molecule has 3 aromatic rings. The molecule has 0 saturated heterocycles. The third-order valence-corrected chi connectivity index (χ3v) is 6.75. The Balaban J connectivity index is 1.55. The van der Waals surface area contributed by atoms with Gasteiger partial charge in [-0.15, -0.1) is 0 Å². The standard InChI is InChI=1S/C22H24N4O5S/c1-3-21-24-20(25-31-21)13-26-17-11-15(2)19(12-18(17)30-14-22(26)27)32(28,29)23-10-9-16-7-5-4-6-8-16/h4-8,11-12,23H,3,9-10,13-14H2,1-2H3. The summed E-state index contributed by atoms with van der Waals surface area (Å²) in [5.41, 5.74) is 2.02. The minimum atomic E-state index is -3.76. The van der Waals surface area contributed by atoms with Crippen LogP contribution in [0.25, 0.3) is 0 Å². The van der Waals surface area contributed by atoms with Crippen molar-refractivity contribution in [1.29, 1.82) is 0 Å². The number of ether oxygens (including phenoxy) is 1. The highest BCUT2D eigenvalue weighted by molar-refractivity contribution is 7.89. The molecule has 1 amide bonds. The van der Waals surface area contributed by atoms with E-state index in [2.05, 4.69) is 14.9 Å². The second kappa shape index (κ2) is 9.09. The Labute approximate surface area is 186 Å². The first-order valence-electron chi connectivity index (χ1n) is 10.3. The van der Waals surface area contributed by atoms with Gasteiger partial charge < -0.3 is 9.26 Å². The smallest absolute Gasteiger partial charge is 0.265 e. The third-order valence-electron chi connectivity index (χ3n) is 5.15. The maximum absolute atomic E-state index is 12.9. The SMILES string of the molecule is CCc1nc(CN2C(=O)COc3cc(S(=O)(=O)NCCc4ccccc4)c(C)cc32)no1. The van der Waals surface area contributed by atoms with Gasteiger partial charge in [0.05, 0.1) is 17.1 Å². The van der Waals surface area contributed by atoms with E-state index in [1.807, 2.05) is 37.3 Å². The summed E-state index contributed by atoms with van der Waals surface area (Å²) in [5, 5.41) is 3.90. The lowest BCUT2D eigenvalue weighted by Crippen LogP contribution is -2.39. The van der Waals surface area contributed by atoms with Gasteiger partial charge in [0.15, 0.2) is 12.4 Å². The number of amides is 1. The van der Waals surface area contributed by atoms with E-state index in [1.54, 1.807) is 13.0 Å². The molecule has 0 saturated carbocycles. The van der Waals surface area contributed by atoms with Crippen LogP contribution in [0.3, 0.4) is 0 Å². The normalized spacial score (nSPS) is 13.7. The van der Waals surface area contributed by atoms with Crippen molar-refractivity contribution < 1.29 is 22.5 Å². The molecule has 168 valence electrons. The van der Waals surface area contributed by atoms with Gasteiger partial charge >= 0.3 is 0 Å². The van der Waals surface area contributed by atoms with Gasteiger partial charge in [-0.2, -0.15) is 4.98 Å². The molecule has 9 nitrogen and oxygen atoms in total. The molecule has 0 spiro atoms. The summed E-state index contributed by atoms with van der Waals surface area (Å²) in [4.78, 5) is 18.3. The number of aromatic nitrogens is 2. The second-order valence-corrected chi connectivity index (χ2v) is 9.18. The monoisotopic (exact) mass is 456 g/mol. The van der Waals surface area contributed by atoms with E-state index in [4.69, 9.17) is 9.26 Å². The minimum Gasteiger partial charge on any atom is -0.482 e. The van der Waals surface area contributed by atoms with Crippen LogP contribution in [0.5, 0.6) is 5.75 Å². The van der Waals surface area contributed by atoms with Crippen LogP contribution in [0.2, 0.25) is 0 Å². The van der Waals surface area contributed by atoms with Crippen LogP contribution in [0.1, 0.15) is 29.8 Å². The maximum atomic E-state index is 12.9. The number of nitrogens with one attached hydrogen (secondary N) is 1. The van der Waals surface area contributed by atoms with Crippen molar-refractivity contribution in [1.82, 2.24) is 14.9 Å². The highest BCUT2D eigenvalue weighted by atomic mass is 32.2. The molecule has 0 bridgehead atoms. The Morgan fingerprint density at radius 3 is 2.69 bits per heavy atom. The summed E-state index contributed by atoms with van der Waals surface area (Å²) in [7, 11) is -3.76. The van der Waals surface area contributed by atoms with Crippen LogP contribution >= 0.6 is 0 Å². The van der Waals surface area contributed by atoms with Crippen LogP contribution in [0, 0.1) is 6.92 Å². The first-order chi connectivity index (χ1) is 15.4. The molecule has 0 fully saturated rings. The van der Waals surface area contributed by atoms with Gasteiger partial charge in [-0.3, -0.25) is 9.69 Å². The third kappa shape index (κ3) is 4.66. The van der Waals surface area contributed by atoms with Crippen LogP contribution in [-0.4, -0.2) is 37.6 Å². The van der Waals surface area contributed by atoms with E-state index in [0.717, 1.165) is 5.56 Å². The Morgan fingerprint density at radius 1 is 1.19 bits per heavy atom. The largest absolute Gasteiger partial charge is 0.482 e. The number of sulfonamides is 1. The van der Waals surface area contributed by atoms with Crippen molar-refractivity contribution in [2.45, 2.75) is 38.1 Å². The van der Waals surface area contributed by atoms with Crippen LogP contribution in [0.4, 0.5) is 5.69 Å². The summed E-state index contributed by atoms with van der Waals surface area (Å²) >= 11 is 0. The molecule has 2 heterocycles. The Kier molecular flexibility index (Phi) is 6.24. The second-order valence-electron chi connectivity index (χ2n) is 7.45. The van der Waals surface area contributed by atoms with Gasteiger partial charge in [0, 0.05) is 19.0 Å². The van der Waals surface area contributed by atoms with E-state index in [1.165, 1.54) is 11.0 Å². The van der Waals surface area contributed by atoms with Crippen molar-refractivity contribution in [2.75, 3.05) is 18.1 Å². The molecule has 1 N–H and O–H groups in total. The van der Waals surface area contributed by atoms with Gasteiger partial charge in [0.25, 0.3) is 5.91 Å². The Hall–Kier alpha value is -3.24. The highest BCUT2D eigenvalue weighted by Gasteiger charge is 2.30. The molecule has 0 radical (unpaired) electrons. The molecule has 1 aliphatic rings. The van der Waals surface area contributed by atoms with Crippen molar-refractivity contribution in [3.05, 3.63) is 65.3 Å². The van der Waals surface area contributed by atoms with Gasteiger partial charge in [0.1, 0.15) is 5.75 Å². The lowest BCUT2D eigenvalue weighted by Gasteiger charge is -2.29. The first kappa shape index (κ1) is 22.0. The van der Waals surface area contributed by atoms with E-state index < -0.39 is 10.0 Å². The highest BCUT2D eigenvalue weighted by Crippen LogP contribution is 2.37. The number of aryl methyl sites for hydroxylation is 2. The zero-order valence-electron chi connectivity index (χ0n) is 17.9. The Morgan fingerprint density at radius 2 is 1.97 bits per heavy atom. The number of rotatable bonds is 8. The lowest BCUT2D eigenvalue weighted by atomic mass is 10.1. The molecular formula is C22H24N4O5S. The summed E-state index contributed by atoms with van der Waals surface area (Å²) in [6.45, 7) is 3.76. The number of carbonyl (C=O) groups is 1. The van der Waals surface area contributed by atoms with Gasteiger partial charge in [-0.1, -0.05) is 42.4 Å². The molecule has 4 rings (SSSR count). The average molecular weight is 457 g/mol. The lowest BCUT2D eigenvalue weighted by molar-refractivity contribution is -0.121. The summed E-state index contributed by atoms with van der Waals surface area (Å²) in [5.74, 6) is 0.911.